The molecule has 3 N–H and O–H groups in total. The molecule has 0 aliphatic rings. The van der Waals surface area contributed by atoms with E-state index in [0.717, 1.165) is 12.2 Å². The Morgan fingerprint density at radius 2 is 2.12 bits per heavy atom. The minimum Gasteiger partial charge on any atom is -0.467 e. The molecule has 0 aromatic carbocycles. The molecule has 34 heavy (non-hydrogen) atoms. The van der Waals surface area contributed by atoms with Crippen LogP contribution in [-0.4, -0.2) is 20.4 Å². The van der Waals surface area contributed by atoms with Crippen molar-refractivity contribution < 1.29 is 13.6 Å². The zero-order chi connectivity index (χ0) is 24.2. The smallest absolute Gasteiger partial charge is 0.330 e. The van der Waals surface area contributed by atoms with E-state index in [1.807, 2.05) is 26.0 Å². The van der Waals surface area contributed by atoms with E-state index in [1.54, 1.807) is 17.5 Å². The predicted octanol–water partition coefficient (Wildman–Crippen LogP) is 3.31. The van der Waals surface area contributed by atoms with Crippen molar-refractivity contribution in [2.45, 2.75) is 46.2 Å². The Hall–Kier alpha value is -3.86. The Balaban J connectivity index is 1.68. The molecule has 0 bridgehead atoms. The van der Waals surface area contributed by atoms with Gasteiger partial charge >= 0.3 is 5.69 Å². The number of rotatable bonds is 9. The molecule has 0 aliphatic heterocycles. The topological polar surface area (TPSA) is 140 Å². The second-order valence-corrected chi connectivity index (χ2v) is 8.65. The van der Waals surface area contributed by atoms with Gasteiger partial charge in [0.25, 0.3) is 5.56 Å². The Morgan fingerprint density at radius 1 is 1.29 bits per heavy atom. The molecule has 0 atom stereocenters. The largest absolute Gasteiger partial charge is 0.467 e. The van der Waals surface area contributed by atoms with E-state index in [1.165, 1.54) is 27.1 Å². The highest BCUT2D eigenvalue weighted by molar-refractivity contribution is 7.13. The van der Waals surface area contributed by atoms with Crippen LogP contribution in [0.3, 0.4) is 0 Å². The molecule has 11 heteroatoms. The zero-order valence-corrected chi connectivity index (χ0v) is 19.7. The van der Waals surface area contributed by atoms with Crippen LogP contribution in [0.1, 0.15) is 37.0 Å². The maximum absolute atomic E-state index is 13.4. The number of nitrogens with zero attached hydrogens (tertiary/aromatic N) is 3. The predicted molar refractivity (Wildman–Crippen MR) is 129 cm³/mol. The third-order valence-electron chi connectivity index (χ3n) is 5.25. The number of unbranched alkanes of at least 4 members (excludes halogenated alkanes) is 1. The van der Waals surface area contributed by atoms with Gasteiger partial charge in [-0.3, -0.25) is 24.0 Å². The standard InChI is InChI=1S/C23H25N5O5S/c1-3-4-9-27-20(24)19(21(30)26-23(27)31)28(12-16-6-5-10-32-16)18(29)11-15-13-34-22(25-15)17-8-7-14(2)33-17/h5-8,10,13H,3-4,9,11-12,24H2,1-2H3,(H,26,30,31). The number of amides is 1. The highest BCUT2D eigenvalue weighted by atomic mass is 32.1. The van der Waals surface area contributed by atoms with E-state index in [2.05, 4.69) is 9.97 Å². The first-order valence-corrected chi connectivity index (χ1v) is 11.7. The lowest BCUT2D eigenvalue weighted by Crippen LogP contribution is -2.41. The van der Waals surface area contributed by atoms with Crippen molar-refractivity contribution >= 4 is 28.7 Å². The Morgan fingerprint density at radius 3 is 2.79 bits per heavy atom. The first-order chi connectivity index (χ1) is 16.4. The summed E-state index contributed by atoms with van der Waals surface area (Å²) in [5.41, 5.74) is 5.35. The summed E-state index contributed by atoms with van der Waals surface area (Å²) >= 11 is 1.36. The molecule has 4 rings (SSSR count). The number of hydrogen-bond acceptors (Lipinski definition) is 8. The summed E-state index contributed by atoms with van der Waals surface area (Å²) in [5, 5.41) is 2.42. The second kappa shape index (κ2) is 9.96. The molecule has 0 spiro atoms. The number of carbonyl (C=O) groups is 1. The van der Waals surface area contributed by atoms with Gasteiger partial charge in [-0.1, -0.05) is 13.3 Å². The number of aryl methyl sites for hydroxylation is 1. The normalized spacial score (nSPS) is 11.1. The van der Waals surface area contributed by atoms with Crippen molar-refractivity contribution in [1.29, 1.82) is 0 Å². The van der Waals surface area contributed by atoms with Crippen molar-refractivity contribution in [3.8, 4) is 10.8 Å². The van der Waals surface area contributed by atoms with Crippen molar-refractivity contribution in [3.63, 3.8) is 0 Å². The molecule has 0 fully saturated rings. The molecular formula is C23H25N5O5S. The van der Waals surface area contributed by atoms with Crippen molar-refractivity contribution in [3.05, 3.63) is 74.0 Å². The van der Waals surface area contributed by atoms with Crippen molar-refractivity contribution in [2.75, 3.05) is 10.6 Å². The number of nitrogen functional groups attached to an aromatic ring is 1. The van der Waals surface area contributed by atoms with Crippen LogP contribution in [0.15, 0.2) is 54.3 Å². The summed E-state index contributed by atoms with van der Waals surface area (Å²) in [6.07, 6.45) is 2.92. The minimum absolute atomic E-state index is 0.0283. The average Bonchev–Trinajstić information content (AvgIpc) is 3.55. The fourth-order valence-corrected chi connectivity index (χ4v) is 4.31. The third kappa shape index (κ3) is 4.88. The molecule has 10 nitrogen and oxygen atoms in total. The van der Waals surface area contributed by atoms with E-state index in [4.69, 9.17) is 14.6 Å². The molecule has 4 aromatic rings. The van der Waals surface area contributed by atoms with E-state index < -0.39 is 17.2 Å². The molecule has 178 valence electrons. The van der Waals surface area contributed by atoms with Gasteiger partial charge in [0, 0.05) is 11.9 Å². The fourth-order valence-electron chi connectivity index (χ4n) is 3.53. The quantitative estimate of drug-likeness (QED) is 0.372. The third-order valence-corrected chi connectivity index (χ3v) is 6.16. The van der Waals surface area contributed by atoms with Gasteiger partial charge in [-0.05, 0) is 37.6 Å². The molecule has 0 aliphatic carbocycles. The van der Waals surface area contributed by atoms with Gasteiger partial charge in [0.2, 0.25) is 5.91 Å². The summed E-state index contributed by atoms with van der Waals surface area (Å²) in [6, 6.07) is 7.04. The van der Waals surface area contributed by atoms with Crippen LogP contribution in [-0.2, 0) is 24.3 Å². The monoisotopic (exact) mass is 483 g/mol. The summed E-state index contributed by atoms with van der Waals surface area (Å²) in [6.45, 7) is 4.12. The van der Waals surface area contributed by atoms with Crippen molar-refractivity contribution in [2.24, 2.45) is 0 Å². The van der Waals surface area contributed by atoms with Crippen LogP contribution >= 0.6 is 11.3 Å². The first-order valence-electron chi connectivity index (χ1n) is 10.8. The number of nitrogens with two attached hydrogens (primary N) is 1. The van der Waals surface area contributed by atoms with E-state index in [0.29, 0.717) is 35.2 Å². The molecule has 0 unspecified atom stereocenters. The van der Waals surface area contributed by atoms with Gasteiger partial charge < -0.3 is 14.6 Å². The second-order valence-electron chi connectivity index (χ2n) is 7.79. The van der Waals surface area contributed by atoms with Crippen LogP contribution in [0.25, 0.3) is 10.8 Å². The van der Waals surface area contributed by atoms with Crippen molar-refractivity contribution in [1.82, 2.24) is 14.5 Å². The maximum atomic E-state index is 13.4. The molecule has 0 radical (unpaired) electrons. The number of H-pyrrole nitrogens is 1. The van der Waals surface area contributed by atoms with Gasteiger partial charge in [-0.15, -0.1) is 11.3 Å². The van der Waals surface area contributed by atoms with Crippen LogP contribution < -0.4 is 21.9 Å². The highest BCUT2D eigenvalue weighted by Crippen LogP contribution is 2.27. The van der Waals surface area contributed by atoms with E-state index in [-0.39, 0.29) is 24.5 Å². The van der Waals surface area contributed by atoms with Crippen LogP contribution in [0.2, 0.25) is 0 Å². The number of aromatic nitrogens is 3. The molecule has 0 saturated carbocycles. The van der Waals surface area contributed by atoms with E-state index in [9.17, 15) is 14.4 Å². The van der Waals surface area contributed by atoms with Gasteiger partial charge in [-0.25, -0.2) is 9.78 Å². The number of thiazole rings is 1. The summed E-state index contributed by atoms with van der Waals surface area (Å²) in [4.78, 5) is 46.6. The maximum Gasteiger partial charge on any atom is 0.330 e. The number of anilines is 2. The number of hydrogen-bond donors (Lipinski definition) is 2. The minimum atomic E-state index is -0.736. The Kier molecular flexibility index (Phi) is 6.82. The fraction of sp³-hybridized carbons (Fsp3) is 0.304. The van der Waals surface area contributed by atoms with Gasteiger partial charge in [-0.2, -0.15) is 0 Å². The summed E-state index contributed by atoms with van der Waals surface area (Å²) < 4.78 is 12.3. The number of aromatic amines is 1. The number of furan rings is 2. The number of nitrogens with one attached hydrogen (secondary N) is 1. The average molecular weight is 484 g/mol. The first kappa shape index (κ1) is 23.3. The SMILES string of the molecule is CCCCn1c(N)c(N(Cc2ccco2)C(=O)Cc2csc(-c3ccc(C)o3)n2)c(=O)[nH]c1=O. The highest BCUT2D eigenvalue weighted by Gasteiger charge is 2.26. The lowest BCUT2D eigenvalue weighted by molar-refractivity contribution is -0.118. The lowest BCUT2D eigenvalue weighted by atomic mass is 10.2. The summed E-state index contributed by atoms with van der Waals surface area (Å²) in [7, 11) is 0. The molecular weight excluding hydrogens is 458 g/mol. The molecule has 4 aromatic heterocycles. The lowest BCUT2D eigenvalue weighted by Gasteiger charge is -2.23. The molecule has 4 heterocycles. The van der Waals surface area contributed by atoms with E-state index >= 15 is 0 Å². The van der Waals surface area contributed by atoms with Gasteiger partial charge in [0.1, 0.15) is 17.3 Å². The van der Waals surface area contributed by atoms with Crippen LogP contribution in [0.5, 0.6) is 0 Å². The van der Waals surface area contributed by atoms with Gasteiger partial charge in [0.05, 0.1) is 24.9 Å². The summed E-state index contributed by atoms with van der Waals surface area (Å²) in [5.74, 6) is 1.37. The van der Waals surface area contributed by atoms with Crippen LogP contribution in [0, 0.1) is 6.92 Å². The van der Waals surface area contributed by atoms with Gasteiger partial charge in [0.15, 0.2) is 16.5 Å². The number of carbonyl (C=O) groups excluding carboxylic acids is 1. The molecule has 0 saturated heterocycles. The Bertz CT molecular complexity index is 1400. The Labute approximate surface area is 198 Å². The zero-order valence-electron chi connectivity index (χ0n) is 18.9. The van der Waals surface area contributed by atoms with Crippen LogP contribution in [0.4, 0.5) is 11.5 Å². The molecule has 1 amide bonds.